The lowest BCUT2D eigenvalue weighted by molar-refractivity contribution is 0.436. The minimum Gasteiger partial charge on any atom is -0.457 e. The van der Waals surface area contributed by atoms with Crippen molar-refractivity contribution in [2.45, 2.75) is 5.41 Å². The predicted octanol–water partition coefficient (Wildman–Crippen LogP) is 12.5. The van der Waals surface area contributed by atoms with E-state index in [-0.39, 0.29) is 0 Å². The van der Waals surface area contributed by atoms with E-state index < -0.39 is 5.41 Å². The molecule has 0 amide bonds. The van der Waals surface area contributed by atoms with Crippen LogP contribution in [0.25, 0.3) is 77.5 Å². The van der Waals surface area contributed by atoms with Crippen LogP contribution >= 0.6 is 0 Å². The van der Waals surface area contributed by atoms with Gasteiger partial charge in [-0.1, -0.05) is 72.8 Å². The van der Waals surface area contributed by atoms with Crippen LogP contribution < -0.4 is 4.74 Å². The van der Waals surface area contributed by atoms with Crippen LogP contribution in [0.2, 0.25) is 0 Å². The number of benzene rings is 7. The van der Waals surface area contributed by atoms with Gasteiger partial charge in [0.05, 0.1) is 67.8 Å². The van der Waals surface area contributed by atoms with Crippen LogP contribution in [-0.2, 0) is 5.41 Å². The van der Waals surface area contributed by atoms with Gasteiger partial charge in [-0.2, -0.15) is 10.5 Å². The van der Waals surface area contributed by atoms with E-state index in [1.165, 1.54) is 0 Å². The molecule has 1 aliphatic heterocycles. The fraction of sp³-hybridized carbons (Fsp3) is 0.0182. The molecule has 13 rings (SSSR count). The van der Waals surface area contributed by atoms with Crippen LogP contribution in [0.1, 0.15) is 33.4 Å². The van der Waals surface area contributed by atoms with Crippen LogP contribution in [0.4, 0.5) is 0 Å². The highest BCUT2D eigenvalue weighted by molar-refractivity contribution is 6.11. The number of nitriles is 2. The first-order valence-corrected chi connectivity index (χ1v) is 20.5. The second-order valence-electron chi connectivity index (χ2n) is 16.0. The Balaban J connectivity index is 1.14. The summed E-state index contributed by atoms with van der Waals surface area (Å²) < 4.78 is 11.4. The van der Waals surface area contributed by atoms with Gasteiger partial charge in [0, 0.05) is 56.3 Å². The lowest BCUT2D eigenvalue weighted by atomic mass is 9.66. The molecule has 0 saturated heterocycles. The molecular formula is C55H30N6O. The van der Waals surface area contributed by atoms with E-state index in [4.69, 9.17) is 14.7 Å². The van der Waals surface area contributed by atoms with Crippen molar-refractivity contribution in [3.8, 4) is 57.5 Å². The molecule has 7 heteroatoms. The molecule has 7 nitrogen and oxygen atoms in total. The van der Waals surface area contributed by atoms with Gasteiger partial charge in [-0.25, -0.2) is 0 Å². The summed E-state index contributed by atoms with van der Waals surface area (Å²) in [5.41, 5.74) is 14.5. The molecule has 5 heterocycles. The lowest BCUT2D eigenvalue weighted by Crippen LogP contribution is -2.32. The van der Waals surface area contributed by atoms with E-state index in [0.29, 0.717) is 11.1 Å². The maximum absolute atomic E-state index is 9.96. The number of pyridine rings is 2. The van der Waals surface area contributed by atoms with E-state index in [9.17, 15) is 10.5 Å². The maximum Gasteiger partial charge on any atom is 0.132 e. The van der Waals surface area contributed by atoms with E-state index in [1.807, 2.05) is 67.0 Å². The maximum atomic E-state index is 9.96. The van der Waals surface area contributed by atoms with Crippen molar-refractivity contribution < 1.29 is 4.74 Å². The molecule has 0 N–H and O–H groups in total. The normalized spacial score (nSPS) is 13.1. The van der Waals surface area contributed by atoms with Crippen LogP contribution in [0.15, 0.2) is 182 Å². The van der Waals surface area contributed by atoms with Crippen molar-refractivity contribution in [2.75, 3.05) is 0 Å². The molecule has 1 aliphatic carbocycles. The Morgan fingerprint density at radius 1 is 0.452 bits per heavy atom. The van der Waals surface area contributed by atoms with Crippen LogP contribution in [0.3, 0.4) is 0 Å². The summed E-state index contributed by atoms with van der Waals surface area (Å²) in [7, 11) is 0. The number of nitrogens with zero attached hydrogens (tertiary/aromatic N) is 6. The minimum absolute atomic E-state index is 0.614. The van der Waals surface area contributed by atoms with E-state index in [1.54, 1.807) is 0 Å². The predicted molar refractivity (Wildman–Crippen MR) is 243 cm³/mol. The number of para-hydroxylation sites is 3. The summed E-state index contributed by atoms with van der Waals surface area (Å²) in [6.07, 6.45) is 3.69. The van der Waals surface area contributed by atoms with Gasteiger partial charge in [0.2, 0.25) is 0 Å². The Kier molecular flexibility index (Phi) is 6.94. The van der Waals surface area contributed by atoms with Crippen molar-refractivity contribution in [2.24, 2.45) is 0 Å². The Morgan fingerprint density at radius 3 is 1.69 bits per heavy atom. The molecule has 4 aromatic heterocycles. The molecule has 0 unspecified atom stereocenters. The monoisotopic (exact) mass is 790 g/mol. The molecule has 11 aromatic rings. The fourth-order valence-electron chi connectivity index (χ4n) is 10.4. The fourth-order valence-corrected chi connectivity index (χ4v) is 10.4. The molecule has 0 atom stereocenters. The third-order valence-electron chi connectivity index (χ3n) is 12.9. The van der Waals surface area contributed by atoms with Crippen molar-refractivity contribution in [1.29, 1.82) is 10.5 Å². The lowest BCUT2D eigenvalue weighted by Gasteiger charge is -2.39. The first kappa shape index (κ1) is 34.1. The van der Waals surface area contributed by atoms with E-state index in [0.717, 1.165) is 111 Å². The van der Waals surface area contributed by atoms with Gasteiger partial charge in [-0.15, -0.1) is 0 Å². The first-order chi connectivity index (χ1) is 30.6. The van der Waals surface area contributed by atoms with Gasteiger partial charge >= 0.3 is 0 Å². The highest BCUT2D eigenvalue weighted by Crippen LogP contribution is 2.61. The van der Waals surface area contributed by atoms with Gasteiger partial charge in [-0.3, -0.25) is 9.97 Å². The zero-order valence-corrected chi connectivity index (χ0v) is 32.9. The third-order valence-corrected chi connectivity index (χ3v) is 12.9. The van der Waals surface area contributed by atoms with Gasteiger partial charge < -0.3 is 13.9 Å². The average Bonchev–Trinajstić information content (AvgIpc) is 3.95. The molecular weight excluding hydrogens is 761 g/mol. The summed E-state index contributed by atoms with van der Waals surface area (Å²) in [6, 6.07) is 63.3. The molecule has 7 aromatic carbocycles. The number of aromatic nitrogens is 4. The van der Waals surface area contributed by atoms with E-state index in [2.05, 4.69) is 137 Å². The van der Waals surface area contributed by atoms with Gasteiger partial charge in [0.1, 0.15) is 11.5 Å². The highest BCUT2D eigenvalue weighted by Gasteiger charge is 2.52. The summed E-state index contributed by atoms with van der Waals surface area (Å²) in [5, 5.41) is 24.0. The second-order valence-corrected chi connectivity index (χ2v) is 16.0. The van der Waals surface area contributed by atoms with Crippen LogP contribution in [0, 0.1) is 22.7 Å². The molecule has 0 fully saturated rings. The van der Waals surface area contributed by atoms with Crippen molar-refractivity contribution in [3.05, 3.63) is 216 Å². The standard InChI is InChI=1S/C55H30N6O/c56-31-33-17-21-49-40(27-33)37-9-1-4-14-46(37)60(49)36-20-23-48(61-47-15-5-2-10-38(47)41-28-34(32-57)18-22-50(41)61)39(30-36)35-19-24-52-45(29-35)55(42-11-3-6-16-51(42)62-52)43-12-7-25-58-53(43)54-44(55)13-8-26-59-54/h1-30H. The summed E-state index contributed by atoms with van der Waals surface area (Å²) in [5.74, 6) is 1.57. The first-order valence-electron chi connectivity index (χ1n) is 20.5. The zero-order chi connectivity index (χ0) is 41.1. The zero-order valence-electron chi connectivity index (χ0n) is 32.9. The third kappa shape index (κ3) is 4.46. The molecule has 2 aliphatic rings. The summed E-state index contributed by atoms with van der Waals surface area (Å²) in [6.45, 7) is 0. The molecule has 62 heavy (non-hydrogen) atoms. The Hall–Kier alpha value is -8.78. The molecule has 0 radical (unpaired) electrons. The second kappa shape index (κ2) is 12.6. The molecule has 286 valence electrons. The van der Waals surface area contributed by atoms with Gasteiger partial charge in [0.15, 0.2) is 0 Å². The average molecular weight is 791 g/mol. The summed E-state index contributed by atoms with van der Waals surface area (Å²) in [4.78, 5) is 9.90. The number of ether oxygens (including phenoxy) is 1. The van der Waals surface area contributed by atoms with Crippen molar-refractivity contribution in [1.82, 2.24) is 19.1 Å². The van der Waals surface area contributed by atoms with Crippen molar-refractivity contribution >= 4 is 43.6 Å². The molecule has 0 bridgehead atoms. The van der Waals surface area contributed by atoms with Crippen LogP contribution in [-0.4, -0.2) is 19.1 Å². The Labute approximate surface area is 355 Å². The van der Waals surface area contributed by atoms with Crippen LogP contribution in [0.5, 0.6) is 11.5 Å². The number of hydrogen-bond acceptors (Lipinski definition) is 5. The largest absolute Gasteiger partial charge is 0.457 e. The summed E-state index contributed by atoms with van der Waals surface area (Å²) >= 11 is 0. The minimum atomic E-state index is -0.753. The quantitative estimate of drug-likeness (QED) is 0.178. The number of fused-ring (bicyclic) bond motifs is 15. The van der Waals surface area contributed by atoms with Crippen molar-refractivity contribution in [3.63, 3.8) is 0 Å². The van der Waals surface area contributed by atoms with E-state index >= 15 is 0 Å². The highest BCUT2D eigenvalue weighted by atomic mass is 16.5. The molecule has 0 saturated carbocycles. The topological polar surface area (TPSA) is 92.5 Å². The van der Waals surface area contributed by atoms with Gasteiger partial charge in [0.25, 0.3) is 0 Å². The van der Waals surface area contributed by atoms with Gasteiger partial charge in [-0.05, 0) is 114 Å². The number of rotatable bonds is 3. The SMILES string of the molecule is N#Cc1ccc2c(c1)c1ccccc1n2-c1ccc(-n2c3ccccc3c3cc(C#N)ccc32)c(-c2ccc3c(c2)C2(c4ccccc4O3)c3cccnc3-c3ncccc32)c1. The Morgan fingerprint density at radius 2 is 1.02 bits per heavy atom. The number of hydrogen-bond donors (Lipinski definition) is 0. The smallest absolute Gasteiger partial charge is 0.132 e. The Bertz CT molecular complexity index is 3790. The molecule has 1 spiro atoms.